The fraction of sp³-hybridized carbons (Fsp3) is 0.423. The third-order valence-electron chi connectivity index (χ3n) is 9.11. The Hall–Kier alpha value is -3.55. The topological polar surface area (TPSA) is 97.1 Å². The summed E-state index contributed by atoms with van der Waals surface area (Å²) in [7, 11) is 1.64. The highest BCUT2D eigenvalue weighted by atomic mass is 16.7. The van der Waals surface area contributed by atoms with Crippen LogP contribution in [0.15, 0.2) is 48.2 Å². The van der Waals surface area contributed by atoms with Gasteiger partial charge in [0.25, 0.3) is 5.69 Å². The number of non-ortho nitro benzene ring substituents is 1. The minimum absolute atomic E-state index is 0.0806. The first-order valence-electron chi connectivity index (χ1n) is 11.6. The standard InChI is InChI=1S/C26H23NO7/c1-13-20-17-8-10-19(33-24(28)32-16-6-4-15(5-7-16)27(29)30)23-26(17)12-25(13,20)11-14-3-9-18(31-2)22(34-23)21(14)26/h3-7,9-10,13,17,20,23H,8,11-12H2,1-2H3/t13?,17-,20-,23-,25?,26-/m0/s1. The van der Waals surface area contributed by atoms with Gasteiger partial charge in [-0.25, -0.2) is 4.79 Å². The zero-order valence-electron chi connectivity index (χ0n) is 18.8. The highest BCUT2D eigenvalue weighted by molar-refractivity contribution is 5.68. The van der Waals surface area contributed by atoms with Crippen molar-refractivity contribution in [1.29, 1.82) is 0 Å². The third-order valence-corrected chi connectivity index (χ3v) is 9.11. The van der Waals surface area contributed by atoms with Crippen LogP contribution in [0.25, 0.3) is 0 Å². The van der Waals surface area contributed by atoms with E-state index in [1.165, 1.54) is 35.4 Å². The fourth-order valence-corrected chi connectivity index (χ4v) is 7.88. The van der Waals surface area contributed by atoms with Gasteiger partial charge in [-0.15, -0.1) is 0 Å². The average Bonchev–Trinajstić information content (AvgIpc) is 3.11. The zero-order valence-corrected chi connectivity index (χ0v) is 18.8. The lowest BCUT2D eigenvalue weighted by atomic mass is 9.58. The maximum atomic E-state index is 12.7. The summed E-state index contributed by atoms with van der Waals surface area (Å²) in [6.07, 6.45) is 3.62. The molecule has 0 saturated heterocycles. The van der Waals surface area contributed by atoms with E-state index in [1.807, 2.05) is 12.1 Å². The van der Waals surface area contributed by atoms with Crippen LogP contribution in [0.5, 0.6) is 17.2 Å². The van der Waals surface area contributed by atoms with Gasteiger partial charge in [-0.3, -0.25) is 10.1 Å². The summed E-state index contributed by atoms with van der Waals surface area (Å²) >= 11 is 0. The fourth-order valence-electron chi connectivity index (χ4n) is 7.88. The number of allylic oxidation sites excluding steroid dienone is 1. The summed E-state index contributed by atoms with van der Waals surface area (Å²) in [4.78, 5) is 23.0. The Morgan fingerprint density at radius 2 is 1.97 bits per heavy atom. The second kappa shape index (κ2) is 6.31. The molecule has 0 aromatic heterocycles. The molecule has 2 aromatic carbocycles. The monoisotopic (exact) mass is 461 g/mol. The van der Waals surface area contributed by atoms with E-state index in [9.17, 15) is 14.9 Å². The van der Waals surface area contributed by atoms with Crippen molar-refractivity contribution in [2.24, 2.45) is 23.2 Å². The molecule has 0 amide bonds. The molecule has 2 bridgehead atoms. The number of benzene rings is 2. The maximum Gasteiger partial charge on any atom is 0.519 e. The van der Waals surface area contributed by atoms with Crippen molar-refractivity contribution in [3.05, 3.63) is 69.5 Å². The summed E-state index contributed by atoms with van der Waals surface area (Å²) in [6, 6.07) is 9.47. The SMILES string of the molecule is COc1ccc2c3c1O[C@H]1C(OC(=O)Oc4ccc([N+](=O)[O-])cc4)=CC[C@H]4[C@@H]5C(C)C5(C2)C[C@]314. The van der Waals surface area contributed by atoms with Crippen LogP contribution in [-0.4, -0.2) is 24.3 Å². The Kier molecular flexibility index (Phi) is 3.69. The van der Waals surface area contributed by atoms with Gasteiger partial charge < -0.3 is 18.9 Å². The minimum atomic E-state index is -0.885. The van der Waals surface area contributed by atoms with Crippen LogP contribution in [0.1, 0.15) is 30.9 Å². The molecule has 2 saturated carbocycles. The van der Waals surface area contributed by atoms with Gasteiger partial charge in [-0.2, -0.15) is 0 Å². The van der Waals surface area contributed by atoms with Gasteiger partial charge >= 0.3 is 6.16 Å². The van der Waals surface area contributed by atoms with Crippen molar-refractivity contribution in [2.45, 2.75) is 37.7 Å². The number of carbonyl (C=O) groups excluding carboxylic acids is 1. The lowest BCUT2D eigenvalue weighted by molar-refractivity contribution is -0.384. The van der Waals surface area contributed by atoms with E-state index in [-0.39, 0.29) is 16.9 Å². The van der Waals surface area contributed by atoms with Crippen molar-refractivity contribution < 1.29 is 28.7 Å². The molecule has 5 aliphatic rings. The molecule has 34 heavy (non-hydrogen) atoms. The van der Waals surface area contributed by atoms with Crippen LogP contribution in [0.3, 0.4) is 0 Å². The first-order chi connectivity index (χ1) is 16.4. The summed E-state index contributed by atoms with van der Waals surface area (Å²) in [5.74, 6) is 3.91. The molecule has 6 atom stereocenters. The number of methoxy groups -OCH3 is 1. The van der Waals surface area contributed by atoms with Gasteiger partial charge in [0.15, 0.2) is 17.6 Å². The first-order valence-corrected chi connectivity index (χ1v) is 11.6. The second-order valence-electron chi connectivity index (χ2n) is 10.2. The number of ether oxygens (including phenoxy) is 4. The van der Waals surface area contributed by atoms with Gasteiger partial charge in [-0.1, -0.05) is 13.0 Å². The number of nitro groups is 1. The van der Waals surface area contributed by atoms with E-state index in [0.717, 1.165) is 25.0 Å². The maximum absolute atomic E-state index is 12.7. The highest BCUT2D eigenvalue weighted by Gasteiger charge is 2.81. The van der Waals surface area contributed by atoms with Gasteiger partial charge in [0.2, 0.25) is 0 Å². The molecule has 2 spiro atoms. The molecule has 4 aliphatic carbocycles. The van der Waals surface area contributed by atoms with Crippen LogP contribution in [0.2, 0.25) is 0 Å². The summed E-state index contributed by atoms with van der Waals surface area (Å²) < 4.78 is 23.2. The number of hydrogen-bond donors (Lipinski definition) is 0. The number of fused-ring (bicyclic) bond motifs is 1. The lowest BCUT2D eigenvalue weighted by Gasteiger charge is -2.44. The molecule has 8 nitrogen and oxygen atoms in total. The molecule has 7 rings (SSSR count). The Morgan fingerprint density at radius 1 is 1.18 bits per heavy atom. The van der Waals surface area contributed by atoms with E-state index in [4.69, 9.17) is 18.9 Å². The van der Waals surface area contributed by atoms with E-state index in [1.54, 1.807) is 7.11 Å². The van der Waals surface area contributed by atoms with Crippen molar-refractivity contribution in [1.82, 2.24) is 0 Å². The summed E-state index contributed by atoms with van der Waals surface area (Å²) in [5.41, 5.74) is 2.58. The average molecular weight is 461 g/mol. The van der Waals surface area contributed by atoms with Crippen molar-refractivity contribution in [3.8, 4) is 17.2 Å². The number of nitro benzene ring substituents is 1. The van der Waals surface area contributed by atoms with Crippen molar-refractivity contribution >= 4 is 11.8 Å². The Bertz CT molecular complexity index is 1300. The molecular formula is C26H23NO7. The second-order valence-corrected chi connectivity index (χ2v) is 10.2. The van der Waals surface area contributed by atoms with Gasteiger partial charge in [0.05, 0.1) is 12.0 Å². The zero-order chi connectivity index (χ0) is 23.4. The quantitative estimate of drug-likeness (QED) is 0.275. The predicted octanol–water partition coefficient (Wildman–Crippen LogP) is 4.93. The molecule has 174 valence electrons. The Labute approximate surface area is 195 Å². The molecule has 0 N–H and O–H groups in total. The number of nitrogens with zero attached hydrogens (tertiary/aromatic N) is 1. The Morgan fingerprint density at radius 3 is 2.71 bits per heavy atom. The Balaban J connectivity index is 1.21. The molecule has 0 radical (unpaired) electrons. The van der Waals surface area contributed by atoms with Crippen molar-refractivity contribution in [3.63, 3.8) is 0 Å². The molecule has 2 unspecified atom stereocenters. The molecule has 2 fully saturated rings. The summed E-state index contributed by atoms with van der Waals surface area (Å²) in [5, 5.41) is 10.8. The summed E-state index contributed by atoms with van der Waals surface area (Å²) in [6.45, 7) is 2.37. The van der Waals surface area contributed by atoms with Crippen LogP contribution >= 0.6 is 0 Å². The predicted molar refractivity (Wildman–Crippen MR) is 119 cm³/mol. The molecule has 1 aliphatic heterocycles. The van der Waals surface area contributed by atoms with E-state index >= 15 is 0 Å². The smallest absolute Gasteiger partial charge is 0.493 e. The van der Waals surface area contributed by atoms with E-state index < -0.39 is 17.2 Å². The number of carbonyl (C=O) groups is 1. The van der Waals surface area contributed by atoms with E-state index in [0.29, 0.717) is 34.7 Å². The molecule has 2 aromatic rings. The van der Waals surface area contributed by atoms with Gasteiger partial charge in [-0.05, 0) is 72.3 Å². The van der Waals surface area contributed by atoms with Crippen LogP contribution in [0.4, 0.5) is 10.5 Å². The molecule has 8 heteroatoms. The first kappa shape index (κ1) is 19.9. The number of rotatable bonds is 4. The van der Waals surface area contributed by atoms with Crippen LogP contribution < -0.4 is 14.2 Å². The highest BCUT2D eigenvalue weighted by Crippen LogP contribution is 2.83. The molecular weight excluding hydrogens is 438 g/mol. The van der Waals surface area contributed by atoms with Gasteiger partial charge in [0.1, 0.15) is 11.5 Å². The van der Waals surface area contributed by atoms with Crippen LogP contribution in [0, 0.1) is 33.3 Å². The van der Waals surface area contributed by atoms with E-state index in [2.05, 4.69) is 13.0 Å². The third kappa shape index (κ3) is 2.26. The van der Waals surface area contributed by atoms with Crippen molar-refractivity contribution in [2.75, 3.05) is 7.11 Å². The number of hydrogen-bond acceptors (Lipinski definition) is 7. The molecule has 1 heterocycles. The van der Waals surface area contributed by atoms with Crippen LogP contribution in [-0.2, 0) is 16.6 Å². The van der Waals surface area contributed by atoms with Gasteiger partial charge in [0, 0.05) is 23.1 Å². The largest absolute Gasteiger partial charge is 0.519 e. The lowest BCUT2D eigenvalue weighted by Crippen LogP contribution is -2.49. The normalized spacial score (nSPS) is 34.8. The minimum Gasteiger partial charge on any atom is -0.493 e.